The van der Waals surface area contributed by atoms with Crippen LogP contribution in [0.15, 0.2) is 6.07 Å². The van der Waals surface area contributed by atoms with E-state index in [9.17, 15) is 4.79 Å². The van der Waals surface area contributed by atoms with Gasteiger partial charge in [-0.1, -0.05) is 6.92 Å². The van der Waals surface area contributed by atoms with E-state index in [4.69, 9.17) is 5.73 Å². The zero-order valence-electron chi connectivity index (χ0n) is 10.4. The van der Waals surface area contributed by atoms with E-state index < -0.39 is 0 Å². The van der Waals surface area contributed by atoms with Crippen LogP contribution in [0.5, 0.6) is 0 Å². The van der Waals surface area contributed by atoms with Gasteiger partial charge in [0.15, 0.2) is 0 Å². The molecule has 0 saturated heterocycles. The van der Waals surface area contributed by atoms with Crippen molar-refractivity contribution >= 4 is 5.91 Å². The van der Waals surface area contributed by atoms with Crippen molar-refractivity contribution < 1.29 is 4.79 Å². The average molecular weight is 236 g/mol. The van der Waals surface area contributed by atoms with Crippen molar-refractivity contribution in [2.24, 2.45) is 18.7 Å². The monoisotopic (exact) mass is 236 g/mol. The number of carbonyl (C=O) groups is 1. The van der Waals surface area contributed by atoms with Crippen molar-refractivity contribution in [3.63, 3.8) is 0 Å². The number of hydrogen-bond donors (Lipinski definition) is 2. The Hall–Kier alpha value is -1.36. The highest BCUT2D eigenvalue weighted by atomic mass is 16.2. The molecule has 0 unspecified atom stereocenters. The Morgan fingerprint density at radius 1 is 1.65 bits per heavy atom. The maximum absolute atomic E-state index is 11.9. The van der Waals surface area contributed by atoms with Gasteiger partial charge in [-0.25, -0.2) is 0 Å². The smallest absolute Gasteiger partial charge is 0.269 e. The summed E-state index contributed by atoms with van der Waals surface area (Å²) in [5, 5.41) is 7.20. The number of amides is 1. The molecule has 1 fully saturated rings. The SMILES string of the molecule is CCc1cc(C(=O)NCC2CC(N)C2)n(C)n1. The normalized spacial score (nSPS) is 23.2. The van der Waals surface area contributed by atoms with Crippen LogP contribution in [-0.4, -0.2) is 28.3 Å². The Morgan fingerprint density at radius 3 is 2.88 bits per heavy atom. The van der Waals surface area contributed by atoms with Crippen molar-refractivity contribution in [1.29, 1.82) is 0 Å². The van der Waals surface area contributed by atoms with Gasteiger partial charge < -0.3 is 11.1 Å². The van der Waals surface area contributed by atoms with Gasteiger partial charge in [0.05, 0.1) is 5.69 Å². The fourth-order valence-electron chi connectivity index (χ4n) is 2.19. The van der Waals surface area contributed by atoms with E-state index in [1.165, 1.54) is 0 Å². The summed E-state index contributed by atoms with van der Waals surface area (Å²) in [5.41, 5.74) is 7.28. The lowest BCUT2D eigenvalue weighted by atomic mass is 9.81. The standard InChI is InChI=1S/C12H20N4O/c1-3-10-6-11(16(2)15-10)12(17)14-7-8-4-9(13)5-8/h6,8-9H,3-5,7,13H2,1-2H3,(H,14,17). The minimum absolute atomic E-state index is 0.0415. The molecule has 1 saturated carbocycles. The van der Waals surface area contributed by atoms with Gasteiger partial charge in [-0.05, 0) is 31.2 Å². The molecule has 0 aliphatic heterocycles. The summed E-state index contributed by atoms with van der Waals surface area (Å²) >= 11 is 0. The Labute approximate surface area is 101 Å². The summed E-state index contributed by atoms with van der Waals surface area (Å²) in [7, 11) is 1.80. The highest BCUT2D eigenvalue weighted by Crippen LogP contribution is 2.24. The molecule has 0 spiro atoms. The molecule has 5 heteroatoms. The number of nitrogens with two attached hydrogens (primary N) is 1. The number of nitrogens with zero attached hydrogens (tertiary/aromatic N) is 2. The third-order valence-electron chi connectivity index (χ3n) is 3.35. The van der Waals surface area contributed by atoms with Crippen LogP contribution >= 0.6 is 0 Å². The summed E-state index contributed by atoms with van der Waals surface area (Å²) in [6.45, 7) is 2.75. The summed E-state index contributed by atoms with van der Waals surface area (Å²) in [6.07, 6.45) is 2.89. The van der Waals surface area contributed by atoms with Crippen LogP contribution in [0.3, 0.4) is 0 Å². The molecule has 2 rings (SSSR count). The third kappa shape index (κ3) is 2.66. The van der Waals surface area contributed by atoms with Gasteiger partial charge in [-0.15, -0.1) is 0 Å². The number of aryl methyl sites for hydroxylation is 2. The van der Waals surface area contributed by atoms with Crippen LogP contribution in [0.25, 0.3) is 0 Å². The first-order valence-electron chi connectivity index (χ1n) is 6.16. The molecule has 5 nitrogen and oxygen atoms in total. The van der Waals surface area contributed by atoms with Crippen LogP contribution < -0.4 is 11.1 Å². The molecule has 3 N–H and O–H groups in total. The van der Waals surface area contributed by atoms with E-state index in [0.29, 0.717) is 17.7 Å². The summed E-state index contributed by atoms with van der Waals surface area (Å²) in [4.78, 5) is 11.9. The molecule has 1 amide bonds. The minimum Gasteiger partial charge on any atom is -0.350 e. The predicted molar refractivity (Wildman–Crippen MR) is 65.6 cm³/mol. The second-order valence-electron chi connectivity index (χ2n) is 4.81. The molecular weight excluding hydrogens is 216 g/mol. The Bertz CT molecular complexity index is 407. The summed E-state index contributed by atoms with van der Waals surface area (Å²) < 4.78 is 1.64. The van der Waals surface area contributed by atoms with Crippen LogP contribution in [0.4, 0.5) is 0 Å². The van der Waals surface area contributed by atoms with Crippen molar-refractivity contribution in [3.05, 3.63) is 17.5 Å². The molecule has 0 atom stereocenters. The average Bonchev–Trinajstić information content (AvgIpc) is 2.64. The van der Waals surface area contributed by atoms with Gasteiger partial charge in [-0.3, -0.25) is 9.48 Å². The highest BCUT2D eigenvalue weighted by Gasteiger charge is 2.26. The topological polar surface area (TPSA) is 72.9 Å². The van der Waals surface area contributed by atoms with Gasteiger partial charge in [0.1, 0.15) is 5.69 Å². The maximum Gasteiger partial charge on any atom is 0.269 e. The number of carbonyl (C=O) groups excluding carboxylic acids is 1. The first kappa shape index (κ1) is 12.1. The molecular formula is C12H20N4O. The molecule has 1 aromatic heterocycles. The van der Waals surface area contributed by atoms with Gasteiger partial charge in [0, 0.05) is 19.6 Å². The predicted octanol–water partition coefficient (Wildman–Crippen LogP) is 0.450. The second kappa shape index (κ2) is 4.87. The first-order valence-corrected chi connectivity index (χ1v) is 6.16. The highest BCUT2D eigenvalue weighted by molar-refractivity contribution is 5.92. The fraction of sp³-hybridized carbons (Fsp3) is 0.667. The molecule has 1 aliphatic carbocycles. The number of nitrogens with one attached hydrogen (secondary N) is 1. The lowest BCUT2D eigenvalue weighted by Gasteiger charge is -2.32. The Kier molecular flexibility index (Phi) is 3.47. The van der Waals surface area contributed by atoms with Crippen molar-refractivity contribution in [3.8, 4) is 0 Å². The van der Waals surface area contributed by atoms with Crippen molar-refractivity contribution in [2.75, 3.05) is 6.54 Å². The summed E-state index contributed by atoms with van der Waals surface area (Å²) in [5.74, 6) is 0.507. The number of rotatable bonds is 4. The van der Waals surface area contributed by atoms with Crippen LogP contribution in [0.2, 0.25) is 0 Å². The lowest BCUT2D eigenvalue weighted by molar-refractivity contribution is 0.0926. The van der Waals surface area contributed by atoms with Gasteiger partial charge in [-0.2, -0.15) is 5.10 Å². The first-order chi connectivity index (χ1) is 8.10. The van der Waals surface area contributed by atoms with E-state index in [1.54, 1.807) is 11.7 Å². The van der Waals surface area contributed by atoms with E-state index in [0.717, 1.165) is 31.5 Å². The molecule has 1 aliphatic rings. The van der Waals surface area contributed by atoms with E-state index in [2.05, 4.69) is 10.4 Å². The molecule has 0 bridgehead atoms. The molecule has 17 heavy (non-hydrogen) atoms. The molecule has 1 heterocycles. The molecule has 1 aromatic rings. The molecule has 0 aromatic carbocycles. The van der Waals surface area contributed by atoms with Gasteiger partial charge in [0.25, 0.3) is 5.91 Å². The van der Waals surface area contributed by atoms with E-state index in [1.807, 2.05) is 13.0 Å². The van der Waals surface area contributed by atoms with E-state index >= 15 is 0 Å². The van der Waals surface area contributed by atoms with E-state index in [-0.39, 0.29) is 5.91 Å². The van der Waals surface area contributed by atoms with Crippen molar-refractivity contribution in [1.82, 2.24) is 15.1 Å². The quantitative estimate of drug-likeness (QED) is 0.797. The summed E-state index contributed by atoms with van der Waals surface area (Å²) in [6, 6.07) is 2.18. The number of hydrogen-bond acceptors (Lipinski definition) is 3. The molecule has 0 radical (unpaired) electrons. The maximum atomic E-state index is 11.9. The molecule has 94 valence electrons. The lowest BCUT2D eigenvalue weighted by Crippen LogP contribution is -2.42. The number of aromatic nitrogens is 2. The van der Waals surface area contributed by atoms with Crippen LogP contribution in [0, 0.1) is 5.92 Å². The third-order valence-corrected chi connectivity index (χ3v) is 3.35. The zero-order valence-corrected chi connectivity index (χ0v) is 10.4. The second-order valence-corrected chi connectivity index (χ2v) is 4.81. The minimum atomic E-state index is -0.0415. The zero-order chi connectivity index (χ0) is 12.4. The van der Waals surface area contributed by atoms with Crippen LogP contribution in [-0.2, 0) is 13.5 Å². The Morgan fingerprint density at radius 2 is 2.35 bits per heavy atom. The fourth-order valence-corrected chi connectivity index (χ4v) is 2.19. The largest absolute Gasteiger partial charge is 0.350 e. The Balaban J connectivity index is 1.88. The van der Waals surface area contributed by atoms with Gasteiger partial charge >= 0.3 is 0 Å². The van der Waals surface area contributed by atoms with Crippen molar-refractivity contribution in [2.45, 2.75) is 32.2 Å². The van der Waals surface area contributed by atoms with Crippen LogP contribution in [0.1, 0.15) is 35.9 Å². The van der Waals surface area contributed by atoms with Gasteiger partial charge in [0.2, 0.25) is 0 Å².